The van der Waals surface area contributed by atoms with Gasteiger partial charge < -0.3 is 5.32 Å². The lowest BCUT2D eigenvalue weighted by Crippen LogP contribution is -2.17. The first-order chi connectivity index (χ1) is 9.55. The summed E-state index contributed by atoms with van der Waals surface area (Å²) in [5.41, 5.74) is 0.466. The maximum Gasteiger partial charge on any atom is 0.161 e. The molecule has 0 bridgehead atoms. The molecule has 2 rings (SSSR count). The van der Waals surface area contributed by atoms with Crippen LogP contribution in [0.15, 0.2) is 17.1 Å². The van der Waals surface area contributed by atoms with Crippen molar-refractivity contribution in [3.8, 4) is 0 Å². The third-order valence-electron chi connectivity index (χ3n) is 3.74. The molecule has 1 aromatic rings. The van der Waals surface area contributed by atoms with E-state index < -0.39 is 11.6 Å². The molecule has 0 fully saturated rings. The number of hydrogen-bond acceptors (Lipinski definition) is 3. The first-order valence-corrected chi connectivity index (χ1v) is 7.86. The lowest BCUT2D eigenvalue weighted by atomic mass is 9.99. The fourth-order valence-corrected chi connectivity index (χ4v) is 3.71. The predicted molar refractivity (Wildman–Crippen MR) is 82.5 cm³/mol. The Bertz CT molecular complexity index is 513. The van der Waals surface area contributed by atoms with Gasteiger partial charge in [0.1, 0.15) is 11.6 Å². The molecule has 1 unspecified atom stereocenters. The Morgan fingerprint density at radius 1 is 1.30 bits per heavy atom. The average molecular weight is 298 g/mol. The van der Waals surface area contributed by atoms with E-state index in [0.29, 0.717) is 21.9 Å². The minimum Gasteiger partial charge on any atom is -0.332 e. The van der Waals surface area contributed by atoms with E-state index in [1.54, 1.807) is 18.7 Å². The normalized spacial score (nSPS) is 18.5. The van der Waals surface area contributed by atoms with Crippen LogP contribution in [-0.4, -0.2) is 17.0 Å². The summed E-state index contributed by atoms with van der Waals surface area (Å²) >= 11 is 1.63. The summed E-state index contributed by atoms with van der Waals surface area (Å²) in [6.45, 7) is 6.65. The molecule has 1 N–H and O–H groups in total. The molecule has 1 heterocycles. The molecule has 0 aromatic heterocycles. The molecule has 0 radical (unpaired) electrons. The third kappa shape index (κ3) is 3.32. The molecule has 0 amide bonds. The van der Waals surface area contributed by atoms with Crippen molar-refractivity contribution in [1.82, 2.24) is 0 Å². The monoisotopic (exact) mass is 298 g/mol. The Balaban J connectivity index is 2.04. The lowest BCUT2D eigenvalue weighted by molar-refractivity contribution is 0.479. The van der Waals surface area contributed by atoms with Crippen molar-refractivity contribution in [2.75, 3.05) is 11.9 Å². The van der Waals surface area contributed by atoms with Crippen LogP contribution >= 0.6 is 11.8 Å². The van der Waals surface area contributed by atoms with Crippen molar-refractivity contribution in [3.63, 3.8) is 0 Å². The van der Waals surface area contributed by atoms with Gasteiger partial charge in [0.15, 0.2) is 5.17 Å². The quantitative estimate of drug-likeness (QED) is 0.879. The summed E-state index contributed by atoms with van der Waals surface area (Å²) in [6.07, 6.45) is 2.23. The van der Waals surface area contributed by atoms with Crippen LogP contribution in [-0.2, 0) is 0 Å². The number of hydrogen-bond donors (Lipinski definition) is 1. The zero-order chi connectivity index (χ0) is 14.7. The number of nitrogens with one attached hydrogen (secondary N) is 1. The van der Waals surface area contributed by atoms with Gasteiger partial charge in [-0.2, -0.15) is 0 Å². The second-order valence-electron chi connectivity index (χ2n) is 5.08. The zero-order valence-electron chi connectivity index (χ0n) is 12.0. The van der Waals surface area contributed by atoms with Gasteiger partial charge in [0.05, 0.1) is 12.2 Å². The third-order valence-corrected chi connectivity index (χ3v) is 5.03. The lowest BCUT2D eigenvalue weighted by Gasteiger charge is -2.18. The Morgan fingerprint density at radius 2 is 2.00 bits per heavy atom. The van der Waals surface area contributed by atoms with Crippen molar-refractivity contribution >= 4 is 22.6 Å². The van der Waals surface area contributed by atoms with E-state index in [4.69, 9.17) is 0 Å². The van der Waals surface area contributed by atoms with Gasteiger partial charge in [-0.25, -0.2) is 8.78 Å². The van der Waals surface area contributed by atoms with Crippen molar-refractivity contribution in [2.24, 2.45) is 10.9 Å². The fraction of sp³-hybridized carbons (Fsp3) is 0.533. The predicted octanol–water partition coefficient (Wildman–Crippen LogP) is 4.59. The number of nitrogens with zero attached hydrogens (tertiary/aromatic N) is 1. The van der Waals surface area contributed by atoms with Gasteiger partial charge in [0.25, 0.3) is 0 Å². The van der Waals surface area contributed by atoms with E-state index in [1.165, 1.54) is 12.1 Å². The Morgan fingerprint density at radius 3 is 2.65 bits per heavy atom. The topological polar surface area (TPSA) is 24.4 Å². The van der Waals surface area contributed by atoms with E-state index >= 15 is 0 Å². The molecule has 1 aliphatic heterocycles. The van der Waals surface area contributed by atoms with Crippen LogP contribution in [0.4, 0.5) is 14.5 Å². The first kappa shape index (κ1) is 15.3. The second kappa shape index (κ2) is 6.57. The second-order valence-corrected chi connectivity index (χ2v) is 6.31. The SMILES string of the molecule is CCC(CC)C1CN=C(Nc2cc(F)c(C)cc2F)S1. The van der Waals surface area contributed by atoms with Crippen LogP contribution in [0.1, 0.15) is 32.3 Å². The number of aryl methyl sites for hydroxylation is 1. The van der Waals surface area contributed by atoms with Crippen molar-refractivity contribution < 1.29 is 8.78 Å². The van der Waals surface area contributed by atoms with Crippen LogP contribution in [0, 0.1) is 24.5 Å². The fourth-order valence-electron chi connectivity index (χ4n) is 2.38. The van der Waals surface area contributed by atoms with Crippen molar-refractivity contribution in [1.29, 1.82) is 0 Å². The van der Waals surface area contributed by atoms with Crippen LogP contribution < -0.4 is 5.32 Å². The number of benzene rings is 1. The number of thioether (sulfide) groups is 1. The van der Waals surface area contributed by atoms with Crippen LogP contribution in [0.5, 0.6) is 0 Å². The molecule has 5 heteroatoms. The van der Waals surface area contributed by atoms with Gasteiger partial charge in [0, 0.05) is 11.3 Å². The van der Waals surface area contributed by atoms with Crippen LogP contribution in [0.25, 0.3) is 0 Å². The summed E-state index contributed by atoms with van der Waals surface area (Å²) in [4.78, 5) is 4.40. The highest BCUT2D eigenvalue weighted by molar-refractivity contribution is 8.15. The molecule has 0 aliphatic carbocycles. The molecule has 110 valence electrons. The van der Waals surface area contributed by atoms with E-state index in [-0.39, 0.29) is 5.69 Å². The summed E-state index contributed by atoms with van der Waals surface area (Å²) in [7, 11) is 0. The van der Waals surface area contributed by atoms with E-state index in [1.807, 2.05) is 0 Å². The standard InChI is InChI=1S/C15H20F2N2S/c1-4-10(5-2)14-8-18-15(20-14)19-13-7-11(16)9(3)6-12(13)17/h6-7,10,14H,4-5,8H2,1-3H3,(H,18,19). The highest BCUT2D eigenvalue weighted by atomic mass is 32.2. The minimum atomic E-state index is -0.446. The highest BCUT2D eigenvalue weighted by Crippen LogP contribution is 2.32. The summed E-state index contributed by atoms with van der Waals surface area (Å²) in [6, 6.07) is 2.40. The molecule has 1 aromatic carbocycles. The number of rotatable bonds is 4. The van der Waals surface area contributed by atoms with E-state index in [2.05, 4.69) is 24.2 Å². The molecule has 0 spiro atoms. The van der Waals surface area contributed by atoms with Gasteiger partial charge in [-0.05, 0) is 24.5 Å². The number of halogens is 2. The van der Waals surface area contributed by atoms with Gasteiger partial charge in [-0.1, -0.05) is 38.5 Å². The van der Waals surface area contributed by atoms with E-state index in [0.717, 1.165) is 19.4 Å². The molecular formula is C15H20F2N2S. The molecule has 2 nitrogen and oxygen atoms in total. The van der Waals surface area contributed by atoms with Gasteiger partial charge >= 0.3 is 0 Å². The molecule has 20 heavy (non-hydrogen) atoms. The molecular weight excluding hydrogens is 278 g/mol. The van der Waals surface area contributed by atoms with Crippen LogP contribution in [0.2, 0.25) is 0 Å². The highest BCUT2D eigenvalue weighted by Gasteiger charge is 2.26. The maximum atomic E-state index is 13.8. The van der Waals surface area contributed by atoms with Gasteiger partial charge in [0.2, 0.25) is 0 Å². The Labute approximate surface area is 123 Å². The van der Waals surface area contributed by atoms with Gasteiger partial charge in [-0.15, -0.1) is 0 Å². The number of amidine groups is 1. The maximum absolute atomic E-state index is 13.8. The van der Waals surface area contributed by atoms with Crippen LogP contribution in [0.3, 0.4) is 0 Å². The smallest absolute Gasteiger partial charge is 0.161 e. The van der Waals surface area contributed by atoms with E-state index in [9.17, 15) is 8.78 Å². The summed E-state index contributed by atoms with van der Waals surface area (Å²) in [5.74, 6) is -0.241. The largest absolute Gasteiger partial charge is 0.332 e. The zero-order valence-corrected chi connectivity index (χ0v) is 12.9. The van der Waals surface area contributed by atoms with Crippen molar-refractivity contribution in [2.45, 2.75) is 38.9 Å². The average Bonchev–Trinajstić information content (AvgIpc) is 2.86. The summed E-state index contributed by atoms with van der Waals surface area (Å²) in [5, 5.41) is 4.03. The summed E-state index contributed by atoms with van der Waals surface area (Å²) < 4.78 is 27.3. The number of anilines is 1. The first-order valence-electron chi connectivity index (χ1n) is 6.98. The van der Waals surface area contributed by atoms with Gasteiger partial charge in [-0.3, -0.25) is 4.99 Å². The molecule has 1 atom stereocenters. The molecule has 1 aliphatic rings. The molecule has 0 saturated carbocycles. The number of aliphatic imine (C=N–C) groups is 1. The Kier molecular flexibility index (Phi) is 5.02. The van der Waals surface area contributed by atoms with Crippen molar-refractivity contribution in [3.05, 3.63) is 29.3 Å². The molecule has 0 saturated heterocycles. The Hall–Kier alpha value is -1.10. The minimum absolute atomic E-state index is 0.157.